The fourth-order valence-electron chi connectivity index (χ4n) is 2.32. The molecule has 1 aliphatic rings. The van der Waals surface area contributed by atoms with E-state index < -0.39 is 0 Å². The van der Waals surface area contributed by atoms with E-state index in [4.69, 9.17) is 14.2 Å². The minimum absolute atomic E-state index is 0.0153. The van der Waals surface area contributed by atoms with Gasteiger partial charge < -0.3 is 19.3 Å². The first-order valence-electron chi connectivity index (χ1n) is 7.05. The Morgan fingerprint density at radius 3 is 2.95 bits per heavy atom. The van der Waals surface area contributed by atoms with Gasteiger partial charge in [0.2, 0.25) is 0 Å². The summed E-state index contributed by atoms with van der Waals surface area (Å²) >= 11 is 0. The number of ether oxygens (including phenoxy) is 3. The Morgan fingerprint density at radius 2 is 2.24 bits per heavy atom. The summed E-state index contributed by atoms with van der Waals surface area (Å²) < 4.78 is 16.5. The lowest BCUT2D eigenvalue weighted by molar-refractivity contribution is -0.0413. The van der Waals surface area contributed by atoms with Crippen LogP contribution in [0, 0.1) is 0 Å². The van der Waals surface area contributed by atoms with Crippen molar-refractivity contribution in [2.45, 2.75) is 12.3 Å². The smallest absolute Gasteiger partial charge is 0.137 e. The van der Waals surface area contributed by atoms with Crippen LogP contribution in [0.5, 0.6) is 0 Å². The second-order valence-corrected chi connectivity index (χ2v) is 4.72. The Bertz CT molecular complexity index is 415. The molecule has 0 aromatic carbocycles. The van der Waals surface area contributed by atoms with Gasteiger partial charge in [0, 0.05) is 25.5 Å². The fourth-order valence-corrected chi connectivity index (χ4v) is 2.32. The molecule has 0 spiro atoms. The molecule has 1 N–H and O–H groups in total. The van der Waals surface area contributed by atoms with Crippen LogP contribution in [0.2, 0.25) is 0 Å². The van der Waals surface area contributed by atoms with Gasteiger partial charge in [0.05, 0.1) is 32.2 Å². The number of nitrogens with zero attached hydrogens (tertiary/aromatic N) is 2. The molecular formula is C15H22N2O4. The van der Waals surface area contributed by atoms with Gasteiger partial charge in [0.1, 0.15) is 12.8 Å². The summed E-state index contributed by atoms with van der Waals surface area (Å²) in [7, 11) is 0. The topological polar surface area (TPSA) is 64.1 Å². The first-order chi connectivity index (χ1) is 10.3. The monoisotopic (exact) mass is 294 g/mol. The highest BCUT2D eigenvalue weighted by Gasteiger charge is 2.33. The molecule has 1 saturated heterocycles. The molecular weight excluding hydrogens is 272 g/mol. The van der Waals surface area contributed by atoms with Crippen LogP contribution in [0.1, 0.15) is 11.8 Å². The zero-order valence-electron chi connectivity index (χ0n) is 12.1. The van der Waals surface area contributed by atoms with Crippen LogP contribution in [0.25, 0.3) is 0 Å². The second-order valence-electron chi connectivity index (χ2n) is 4.72. The van der Waals surface area contributed by atoms with E-state index >= 15 is 0 Å². The van der Waals surface area contributed by atoms with Crippen molar-refractivity contribution < 1.29 is 19.3 Å². The zero-order chi connectivity index (χ0) is 14.9. The molecule has 1 aromatic heterocycles. The maximum Gasteiger partial charge on any atom is 0.137 e. The first-order valence-corrected chi connectivity index (χ1v) is 7.05. The third-order valence-electron chi connectivity index (χ3n) is 3.24. The molecule has 1 fully saturated rings. The molecule has 2 unspecified atom stereocenters. The van der Waals surface area contributed by atoms with Crippen LogP contribution in [-0.4, -0.2) is 60.6 Å². The van der Waals surface area contributed by atoms with Crippen LogP contribution in [0.4, 0.5) is 0 Å². The summed E-state index contributed by atoms with van der Waals surface area (Å²) in [5, 5.41) is 9.18. The summed E-state index contributed by atoms with van der Waals surface area (Å²) in [6, 6.07) is 3.85. The van der Waals surface area contributed by atoms with Crippen molar-refractivity contribution in [2.75, 3.05) is 39.5 Å². The Labute approximate surface area is 124 Å². The number of hydrogen-bond acceptors (Lipinski definition) is 6. The van der Waals surface area contributed by atoms with Crippen molar-refractivity contribution in [3.8, 4) is 0 Å². The minimum atomic E-state index is -0.154. The van der Waals surface area contributed by atoms with Crippen LogP contribution >= 0.6 is 0 Å². The molecule has 6 heteroatoms. The number of pyridine rings is 1. The van der Waals surface area contributed by atoms with Crippen molar-refractivity contribution in [3.05, 3.63) is 42.9 Å². The Balaban J connectivity index is 1.85. The third kappa shape index (κ3) is 4.78. The van der Waals surface area contributed by atoms with Crippen LogP contribution in [-0.2, 0) is 14.2 Å². The van der Waals surface area contributed by atoms with Gasteiger partial charge in [-0.05, 0) is 17.7 Å². The molecule has 0 radical (unpaired) electrons. The average molecular weight is 294 g/mol. The van der Waals surface area contributed by atoms with Crippen molar-refractivity contribution in [1.82, 2.24) is 9.88 Å². The summed E-state index contributed by atoms with van der Waals surface area (Å²) in [5.41, 5.74) is 1.04. The van der Waals surface area contributed by atoms with E-state index in [1.165, 1.54) is 6.26 Å². The molecule has 2 atom stereocenters. The average Bonchev–Trinajstić information content (AvgIpc) is 2.91. The van der Waals surface area contributed by atoms with Gasteiger partial charge in [0.15, 0.2) is 0 Å². The standard InChI is InChI=1S/C15H22N2O4/c1-2-19-9-10-20-12-14-11-17(7-8-18)15(21-14)13-3-5-16-6-4-13/h2-6,14-15,18H,1,7-12H2. The SMILES string of the molecule is C=COCCOCC1CN(CCO)C(c2ccncc2)O1. The predicted molar refractivity (Wildman–Crippen MR) is 77.5 cm³/mol. The number of rotatable bonds is 9. The summed E-state index contributed by atoms with van der Waals surface area (Å²) in [4.78, 5) is 6.12. The number of hydrogen-bond donors (Lipinski definition) is 1. The third-order valence-corrected chi connectivity index (χ3v) is 3.24. The van der Waals surface area contributed by atoms with Crippen LogP contribution in [0.3, 0.4) is 0 Å². The maximum absolute atomic E-state index is 9.18. The van der Waals surface area contributed by atoms with Gasteiger partial charge in [-0.1, -0.05) is 6.58 Å². The summed E-state index contributed by atoms with van der Waals surface area (Å²) in [5.74, 6) is 0. The Morgan fingerprint density at radius 1 is 1.43 bits per heavy atom. The predicted octanol–water partition coefficient (Wildman–Crippen LogP) is 0.950. The van der Waals surface area contributed by atoms with Crippen molar-refractivity contribution in [1.29, 1.82) is 0 Å². The van der Waals surface area contributed by atoms with E-state index in [2.05, 4.69) is 16.5 Å². The van der Waals surface area contributed by atoms with Gasteiger partial charge in [-0.15, -0.1) is 0 Å². The Kier molecular flexibility index (Phi) is 6.62. The number of aromatic nitrogens is 1. The van der Waals surface area contributed by atoms with Gasteiger partial charge in [0.25, 0.3) is 0 Å². The Hall–Kier alpha value is -1.47. The van der Waals surface area contributed by atoms with E-state index in [1.807, 2.05) is 12.1 Å². The van der Waals surface area contributed by atoms with Crippen molar-refractivity contribution >= 4 is 0 Å². The van der Waals surface area contributed by atoms with E-state index in [1.54, 1.807) is 12.4 Å². The molecule has 2 heterocycles. The maximum atomic E-state index is 9.18. The molecule has 0 aliphatic carbocycles. The van der Waals surface area contributed by atoms with Gasteiger partial charge in [-0.2, -0.15) is 0 Å². The minimum Gasteiger partial charge on any atom is -0.499 e. The zero-order valence-corrected chi connectivity index (χ0v) is 12.1. The largest absolute Gasteiger partial charge is 0.499 e. The lowest BCUT2D eigenvalue weighted by atomic mass is 10.2. The molecule has 1 aromatic rings. The van der Waals surface area contributed by atoms with Crippen molar-refractivity contribution in [2.24, 2.45) is 0 Å². The highest BCUT2D eigenvalue weighted by atomic mass is 16.6. The molecule has 116 valence electrons. The van der Waals surface area contributed by atoms with Gasteiger partial charge in [-0.25, -0.2) is 0 Å². The van der Waals surface area contributed by atoms with Gasteiger partial charge >= 0.3 is 0 Å². The van der Waals surface area contributed by atoms with E-state index in [-0.39, 0.29) is 18.9 Å². The van der Waals surface area contributed by atoms with E-state index in [0.29, 0.717) is 26.4 Å². The molecule has 2 rings (SSSR count). The van der Waals surface area contributed by atoms with E-state index in [9.17, 15) is 5.11 Å². The highest BCUT2D eigenvalue weighted by Crippen LogP contribution is 2.29. The van der Waals surface area contributed by atoms with Crippen molar-refractivity contribution in [3.63, 3.8) is 0 Å². The number of aliphatic hydroxyl groups is 1. The molecule has 0 bridgehead atoms. The molecule has 21 heavy (non-hydrogen) atoms. The van der Waals surface area contributed by atoms with E-state index in [0.717, 1.165) is 12.1 Å². The normalized spacial score (nSPS) is 22.3. The van der Waals surface area contributed by atoms with Gasteiger partial charge in [-0.3, -0.25) is 9.88 Å². The fraction of sp³-hybridized carbons (Fsp3) is 0.533. The summed E-state index contributed by atoms with van der Waals surface area (Å²) in [6.07, 6.45) is 4.72. The quantitative estimate of drug-likeness (QED) is 0.540. The number of aliphatic hydroxyl groups excluding tert-OH is 1. The molecule has 0 amide bonds. The molecule has 0 saturated carbocycles. The lowest BCUT2D eigenvalue weighted by Crippen LogP contribution is -2.29. The first kappa shape index (κ1) is 15.9. The van der Waals surface area contributed by atoms with Crippen LogP contribution < -0.4 is 0 Å². The lowest BCUT2D eigenvalue weighted by Gasteiger charge is -2.21. The highest BCUT2D eigenvalue weighted by molar-refractivity contribution is 5.14. The summed E-state index contributed by atoms with van der Waals surface area (Å²) in [6.45, 7) is 6.38. The second kappa shape index (κ2) is 8.74. The molecule has 6 nitrogen and oxygen atoms in total. The number of β-amino-alcohol motifs (C(OH)–C–C–N with tert-alkyl or cyclic N) is 1. The molecule has 1 aliphatic heterocycles. The van der Waals surface area contributed by atoms with Crippen LogP contribution in [0.15, 0.2) is 37.4 Å².